The normalized spacial score (nSPS) is 13.0. The lowest BCUT2D eigenvalue weighted by molar-refractivity contribution is -0.339. The van der Waals surface area contributed by atoms with Crippen LogP contribution in [0.25, 0.3) is 11.3 Å². The van der Waals surface area contributed by atoms with Crippen molar-refractivity contribution in [3.63, 3.8) is 0 Å². The topological polar surface area (TPSA) is 30.0 Å². The Kier molecular flexibility index (Phi) is 4.77. The summed E-state index contributed by atoms with van der Waals surface area (Å²) in [5.41, 5.74) is -3.24. The number of pyridine rings is 1. The number of rotatable bonds is 4. The van der Waals surface area contributed by atoms with Gasteiger partial charge in [-0.1, -0.05) is 6.07 Å². The highest BCUT2D eigenvalue weighted by Gasteiger charge is 2.76. The summed E-state index contributed by atoms with van der Waals surface area (Å²) in [7, 11) is 0. The molecule has 2 aromatic rings. The van der Waals surface area contributed by atoms with E-state index >= 15 is 0 Å². The summed E-state index contributed by atoms with van der Waals surface area (Å²) in [6.45, 7) is 0. The lowest BCUT2D eigenvalue weighted by Crippen LogP contribution is -2.56. The van der Waals surface area contributed by atoms with Crippen LogP contribution in [-0.2, 0) is 0 Å². The summed E-state index contributed by atoms with van der Waals surface area (Å²) >= 11 is 0. The zero-order chi connectivity index (χ0) is 19.9. The number of carbonyl (C=O) groups excluding carboxylic acids is 1. The van der Waals surface area contributed by atoms with E-state index < -0.39 is 46.6 Å². The second-order valence-corrected chi connectivity index (χ2v) is 4.97. The van der Waals surface area contributed by atoms with Crippen molar-refractivity contribution >= 4 is 5.78 Å². The number of aromatic nitrogens is 1. The molecular formula is C15H6F9NO. The third-order valence-corrected chi connectivity index (χ3v) is 3.29. The van der Waals surface area contributed by atoms with Crippen LogP contribution in [-0.4, -0.2) is 28.8 Å². The van der Waals surface area contributed by atoms with Crippen molar-refractivity contribution < 1.29 is 44.3 Å². The molecule has 0 N–H and O–H groups in total. The van der Waals surface area contributed by atoms with Crippen molar-refractivity contribution in [2.75, 3.05) is 0 Å². The third kappa shape index (κ3) is 3.01. The van der Waals surface area contributed by atoms with Crippen LogP contribution < -0.4 is 0 Å². The number of carbonyl (C=O) groups is 1. The van der Waals surface area contributed by atoms with Crippen LogP contribution in [0.4, 0.5) is 39.5 Å². The highest BCUT2D eigenvalue weighted by Crippen LogP contribution is 2.48. The molecule has 1 heterocycles. The van der Waals surface area contributed by atoms with Gasteiger partial charge in [-0.05, 0) is 24.3 Å². The Balaban J connectivity index is 2.63. The fourth-order valence-electron chi connectivity index (χ4n) is 1.96. The van der Waals surface area contributed by atoms with Crippen LogP contribution in [0.3, 0.4) is 0 Å². The smallest absolute Gasteiger partial charge is 0.287 e. The minimum atomic E-state index is -6.84. The minimum absolute atomic E-state index is 0.280. The van der Waals surface area contributed by atoms with Crippen LogP contribution in [0.15, 0.2) is 36.5 Å². The van der Waals surface area contributed by atoms with Crippen molar-refractivity contribution in [3.8, 4) is 11.3 Å². The SMILES string of the molecule is O=C(c1c(F)ccc(-c2ccccn2)c1F)C(F)(F)C(F)(F)C(F)(F)F. The van der Waals surface area contributed by atoms with Crippen molar-refractivity contribution in [2.45, 2.75) is 18.0 Å². The van der Waals surface area contributed by atoms with Gasteiger partial charge in [-0.15, -0.1) is 0 Å². The first-order valence-corrected chi connectivity index (χ1v) is 6.59. The summed E-state index contributed by atoms with van der Waals surface area (Å²) in [6, 6.07) is 4.74. The molecule has 1 aromatic carbocycles. The van der Waals surface area contributed by atoms with Crippen molar-refractivity contribution in [1.29, 1.82) is 0 Å². The lowest BCUT2D eigenvalue weighted by Gasteiger charge is -2.27. The van der Waals surface area contributed by atoms with Crippen molar-refractivity contribution in [1.82, 2.24) is 4.98 Å². The molecule has 0 spiro atoms. The molecule has 0 saturated carbocycles. The van der Waals surface area contributed by atoms with Gasteiger partial charge < -0.3 is 0 Å². The number of halogens is 9. The maximum atomic E-state index is 14.3. The molecule has 140 valence electrons. The Morgan fingerprint density at radius 1 is 0.885 bits per heavy atom. The Labute approximate surface area is 139 Å². The van der Waals surface area contributed by atoms with Gasteiger partial charge >= 0.3 is 18.0 Å². The molecule has 0 atom stereocenters. The average Bonchev–Trinajstić information content (AvgIpc) is 2.54. The number of alkyl halides is 7. The average molecular weight is 387 g/mol. The molecular weight excluding hydrogens is 381 g/mol. The number of benzene rings is 1. The molecule has 0 aliphatic rings. The van der Waals surface area contributed by atoms with E-state index in [0.29, 0.717) is 6.07 Å². The van der Waals surface area contributed by atoms with Crippen LogP contribution >= 0.6 is 0 Å². The van der Waals surface area contributed by atoms with Gasteiger partial charge in [0.25, 0.3) is 0 Å². The Morgan fingerprint density at radius 2 is 1.50 bits per heavy atom. The summed E-state index contributed by atoms with van der Waals surface area (Å²) in [5.74, 6) is -20.7. The molecule has 26 heavy (non-hydrogen) atoms. The molecule has 0 radical (unpaired) electrons. The van der Waals surface area contributed by atoms with E-state index in [1.807, 2.05) is 0 Å². The van der Waals surface area contributed by atoms with Gasteiger partial charge in [0.05, 0.1) is 11.3 Å². The fourth-order valence-corrected chi connectivity index (χ4v) is 1.96. The molecule has 0 aliphatic carbocycles. The van der Waals surface area contributed by atoms with Crippen LogP contribution in [0.5, 0.6) is 0 Å². The van der Waals surface area contributed by atoms with E-state index in [0.717, 1.165) is 12.3 Å². The predicted octanol–water partition coefficient (Wildman–Crippen LogP) is 5.04. The number of hydrogen-bond donors (Lipinski definition) is 0. The van der Waals surface area contributed by atoms with E-state index in [-0.39, 0.29) is 11.8 Å². The minimum Gasteiger partial charge on any atom is -0.287 e. The first kappa shape index (κ1) is 19.7. The van der Waals surface area contributed by atoms with Crippen LogP contribution in [0.1, 0.15) is 10.4 Å². The van der Waals surface area contributed by atoms with E-state index in [1.165, 1.54) is 12.1 Å². The molecule has 0 unspecified atom stereocenters. The van der Waals surface area contributed by atoms with E-state index in [9.17, 15) is 44.3 Å². The largest absolute Gasteiger partial charge is 0.460 e. The number of nitrogens with zero attached hydrogens (tertiary/aromatic N) is 1. The summed E-state index contributed by atoms with van der Waals surface area (Å²) in [5, 5.41) is 0. The Morgan fingerprint density at radius 3 is 2.00 bits per heavy atom. The maximum Gasteiger partial charge on any atom is 0.460 e. The lowest BCUT2D eigenvalue weighted by atomic mass is 9.96. The molecule has 2 rings (SSSR count). The Bertz CT molecular complexity index is 831. The monoisotopic (exact) mass is 387 g/mol. The van der Waals surface area contributed by atoms with E-state index in [4.69, 9.17) is 0 Å². The fraction of sp³-hybridized carbons (Fsp3) is 0.200. The van der Waals surface area contributed by atoms with Gasteiger partial charge in [0, 0.05) is 11.8 Å². The molecule has 1 aromatic heterocycles. The summed E-state index contributed by atoms with van der Waals surface area (Å²) in [4.78, 5) is 15.2. The predicted molar refractivity (Wildman–Crippen MR) is 69.9 cm³/mol. The summed E-state index contributed by atoms with van der Waals surface area (Å²) in [6.07, 6.45) is -5.70. The van der Waals surface area contributed by atoms with Crippen LogP contribution in [0.2, 0.25) is 0 Å². The van der Waals surface area contributed by atoms with Gasteiger partial charge in [-0.25, -0.2) is 8.78 Å². The number of hydrogen-bond acceptors (Lipinski definition) is 2. The van der Waals surface area contributed by atoms with E-state index in [2.05, 4.69) is 4.98 Å². The zero-order valence-electron chi connectivity index (χ0n) is 12.2. The van der Waals surface area contributed by atoms with E-state index in [1.54, 1.807) is 0 Å². The molecule has 0 bridgehead atoms. The Hall–Kier alpha value is -2.59. The molecule has 2 nitrogen and oxygen atoms in total. The molecule has 0 saturated heterocycles. The van der Waals surface area contributed by atoms with Crippen molar-refractivity contribution in [3.05, 3.63) is 53.7 Å². The third-order valence-electron chi connectivity index (χ3n) is 3.29. The molecule has 0 amide bonds. The van der Waals surface area contributed by atoms with Gasteiger partial charge in [-0.2, -0.15) is 30.7 Å². The maximum absolute atomic E-state index is 14.3. The van der Waals surface area contributed by atoms with Gasteiger partial charge in [0.2, 0.25) is 5.78 Å². The number of ketones is 1. The van der Waals surface area contributed by atoms with Crippen LogP contribution in [0, 0.1) is 11.6 Å². The number of Topliss-reactive ketones (excluding diaryl/α,β-unsaturated/α-hetero) is 1. The standard InChI is InChI=1S/C15H6F9NO/c16-8-5-4-7(9-3-1-2-6-25-9)11(17)10(8)12(26)13(18,19)14(20,21)15(22,23)24/h1-6H. The van der Waals surface area contributed by atoms with Gasteiger partial charge in [0.1, 0.15) is 11.6 Å². The zero-order valence-corrected chi connectivity index (χ0v) is 12.2. The van der Waals surface area contributed by atoms with Gasteiger partial charge in [0.15, 0.2) is 0 Å². The first-order valence-electron chi connectivity index (χ1n) is 6.59. The second-order valence-electron chi connectivity index (χ2n) is 4.97. The van der Waals surface area contributed by atoms with Crippen molar-refractivity contribution in [2.24, 2.45) is 0 Å². The highest BCUT2D eigenvalue weighted by molar-refractivity contribution is 6.03. The van der Waals surface area contributed by atoms with Gasteiger partial charge in [-0.3, -0.25) is 9.78 Å². The summed E-state index contributed by atoms with van der Waals surface area (Å²) < 4.78 is 117. The molecule has 11 heteroatoms. The quantitative estimate of drug-likeness (QED) is 0.543. The second kappa shape index (κ2) is 6.29. The molecule has 0 fully saturated rings. The molecule has 0 aliphatic heterocycles. The highest BCUT2D eigenvalue weighted by atomic mass is 19.4. The first-order chi connectivity index (χ1) is 11.8.